The Morgan fingerprint density at radius 3 is 2.02 bits per heavy atom. The van der Waals surface area contributed by atoms with E-state index in [0.717, 1.165) is 24.2 Å². The summed E-state index contributed by atoms with van der Waals surface area (Å²) in [5.74, 6) is -1.61. The molecule has 2 aliphatic rings. The zero-order valence-electron chi connectivity index (χ0n) is 25.1. The number of likely N-dealkylation sites (tertiary alicyclic amines) is 1. The van der Waals surface area contributed by atoms with Crippen LogP contribution in [0.2, 0.25) is 0 Å². The zero-order chi connectivity index (χ0) is 30.8. The fraction of sp³-hybridized carbons (Fsp3) is 0.545. The number of hydrogen-bond donors (Lipinski definition) is 2. The highest BCUT2D eigenvalue weighted by Gasteiger charge is 2.47. The minimum absolute atomic E-state index is 0.0442. The second kappa shape index (κ2) is 12.8. The molecule has 7 nitrogen and oxygen atoms in total. The molecule has 5 atom stereocenters. The van der Waals surface area contributed by atoms with Gasteiger partial charge < -0.3 is 15.3 Å². The molecule has 228 valence electrons. The molecule has 0 bridgehead atoms. The third-order valence-electron chi connectivity index (χ3n) is 8.81. The van der Waals surface area contributed by atoms with Crippen molar-refractivity contribution in [1.29, 1.82) is 0 Å². The van der Waals surface area contributed by atoms with Crippen LogP contribution in [0, 0.1) is 34.8 Å². The maximum absolute atomic E-state index is 13.8. The molecule has 0 radical (unpaired) electrons. The van der Waals surface area contributed by atoms with Crippen molar-refractivity contribution in [2.75, 3.05) is 20.1 Å². The molecule has 1 aliphatic carbocycles. The number of benzene rings is 2. The average molecular weight is 584 g/mol. The first-order chi connectivity index (χ1) is 19.7. The van der Waals surface area contributed by atoms with Gasteiger partial charge in [-0.15, -0.1) is 0 Å². The second-order valence-corrected chi connectivity index (χ2v) is 13.4. The van der Waals surface area contributed by atoms with Gasteiger partial charge in [-0.2, -0.15) is 0 Å². The molecule has 1 unspecified atom stereocenters. The smallest absolute Gasteiger partial charge is 0.407 e. The van der Waals surface area contributed by atoms with Crippen LogP contribution in [0.1, 0.15) is 70.4 Å². The van der Waals surface area contributed by atoms with E-state index in [-0.39, 0.29) is 41.0 Å². The highest BCUT2D eigenvalue weighted by molar-refractivity contribution is 5.88. The second-order valence-electron chi connectivity index (χ2n) is 13.4. The summed E-state index contributed by atoms with van der Waals surface area (Å²) >= 11 is 0. The number of halogens is 2. The molecule has 1 aliphatic heterocycles. The van der Waals surface area contributed by atoms with E-state index >= 15 is 0 Å². The number of nitrogens with zero attached hydrogens (tertiary/aromatic N) is 2. The summed E-state index contributed by atoms with van der Waals surface area (Å²) in [6, 6.07) is 10.5. The first-order valence-electron chi connectivity index (χ1n) is 14.8. The topological polar surface area (TPSA) is 90.0 Å². The summed E-state index contributed by atoms with van der Waals surface area (Å²) in [5, 5.41) is 12.9. The number of hydrogen-bond acceptors (Lipinski definition) is 3. The molecule has 0 spiro atoms. The summed E-state index contributed by atoms with van der Waals surface area (Å²) in [6.45, 7) is 9.44. The van der Waals surface area contributed by atoms with Crippen molar-refractivity contribution < 1.29 is 28.3 Å². The van der Waals surface area contributed by atoms with Crippen LogP contribution in [0.4, 0.5) is 13.6 Å². The molecule has 0 aromatic heterocycles. The lowest BCUT2D eigenvalue weighted by molar-refractivity contribution is -0.136. The van der Waals surface area contributed by atoms with Crippen LogP contribution >= 0.6 is 0 Å². The summed E-state index contributed by atoms with van der Waals surface area (Å²) in [4.78, 5) is 42.3. The Labute approximate surface area is 247 Å². The molecule has 2 aromatic carbocycles. The summed E-state index contributed by atoms with van der Waals surface area (Å²) in [6.07, 6.45) is 1.80. The molecule has 1 saturated heterocycles. The largest absolute Gasteiger partial charge is 0.465 e. The van der Waals surface area contributed by atoms with Crippen LogP contribution in [0.25, 0.3) is 0 Å². The van der Waals surface area contributed by atoms with Gasteiger partial charge in [0.2, 0.25) is 11.8 Å². The van der Waals surface area contributed by atoms with E-state index in [1.54, 1.807) is 29.2 Å². The van der Waals surface area contributed by atoms with Gasteiger partial charge in [0, 0.05) is 32.1 Å². The van der Waals surface area contributed by atoms with E-state index in [1.165, 1.54) is 31.3 Å². The minimum Gasteiger partial charge on any atom is -0.465 e. The van der Waals surface area contributed by atoms with Crippen molar-refractivity contribution in [3.63, 3.8) is 0 Å². The lowest BCUT2D eigenvalue weighted by Gasteiger charge is -2.33. The maximum Gasteiger partial charge on any atom is 0.407 e. The van der Waals surface area contributed by atoms with Gasteiger partial charge in [0.25, 0.3) is 0 Å². The molecular formula is C33H43F2N3O4. The third kappa shape index (κ3) is 7.47. The summed E-state index contributed by atoms with van der Waals surface area (Å²) in [7, 11) is 1.46. The quantitative estimate of drug-likeness (QED) is 0.385. The first kappa shape index (κ1) is 31.4. The van der Waals surface area contributed by atoms with Gasteiger partial charge in [-0.3, -0.25) is 14.5 Å². The predicted octanol–water partition coefficient (Wildman–Crippen LogP) is 5.89. The molecular weight excluding hydrogens is 540 g/mol. The molecule has 3 amide bonds. The van der Waals surface area contributed by atoms with Crippen LogP contribution in [0.3, 0.4) is 0 Å². The number of carbonyl (C=O) groups excluding carboxylic acids is 2. The summed E-state index contributed by atoms with van der Waals surface area (Å²) in [5.41, 5.74) is 1.26. The highest BCUT2D eigenvalue weighted by atomic mass is 19.1. The molecule has 2 N–H and O–H groups in total. The minimum atomic E-state index is -1.13. The van der Waals surface area contributed by atoms with E-state index in [9.17, 15) is 28.3 Å². The Kier molecular flexibility index (Phi) is 9.58. The van der Waals surface area contributed by atoms with Crippen molar-refractivity contribution in [2.45, 2.75) is 71.4 Å². The number of amides is 3. The number of likely N-dealkylation sites (N-methyl/N-ethyl adjacent to an activating group) is 1. The third-order valence-corrected chi connectivity index (χ3v) is 8.81. The fourth-order valence-electron chi connectivity index (χ4n) is 6.97. The van der Waals surface area contributed by atoms with E-state index in [0.29, 0.717) is 30.6 Å². The van der Waals surface area contributed by atoms with Crippen LogP contribution < -0.4 is 5.32 Å². The monoisotopic (exact) mass is 583 g/mol. The Bertz CT molecular complexity index is 1220. The van der Waals surface area contributed by atoms with E-state index in [1.807, 2.05) is 0 Å². The van der Waals surface area contributed by atoms with Crippen LogP contribution in [-0.2, 0) is 9.59 Å². The first-order valence-corrected chi connectivity index (χ1v) is 14.8. The van der Waals surface area contributed by atoms with Gasteiger partial charge in [0.1, 0.15) is 17.7 Å². The number of nitrogens with one attached hydrogen (secondary N) is 1. The standard InChI is InChI=1S/C33H43F2N3O4/c1-20(17-33(2,3)4)16-28(37(5)32(41)42)31(40)38-18-23-10-15-27(26(23)19-38)36-30(39)29(21-6-11-24(34)12-7-21)22-8-13-25(35)14-9-22/h6-9,11-14,20,23,26-29H,10,15-19H2,1-5H3,(H,36,39)(H,41,42)/t20-,23+,26-,27-,28?/m0/s1. The van der Waals surface area contributed by atoms with Crippen molar-refractivity contribution in [1.82, 2.24) is 15.1 Å². The molecule has 2 aromatic rings. The summed E-state index contributed by atoms with van der Waals surface area (Å²) < 4.78 is 27.3. The Morgan fingerprint density at radius 1 is 0.976 bits per heavy atom. The number of carbonyl (C=O) groups is 3. The number of carboxylic acid groups (broad SMARTS) is 1. The average Bonchev–Trinajstić information content (AvgIpc) is 3.50. The molecule has 4 rings (SSSR count). The number of rotatable bonds is 9. The van der Waals surface area contributed by atoms with Crippen molar-refractivity contribution >= 4 is 17.9 Å². The van der Waals surface area contributed by atoms with Crippen LogP contribution in [0.5, 0.6) is 0 Å². The van der Waals surface area contributed by atoms with Gasteiger partial charge in [-0.05, 0) is 78.3 Å². The maximum atomic E-state index is 13.8. The van der Waals surface area contributed by atoms with Crippen molar-refractivity contribution in [2.24, 2.45) is 23.2 Å². The van der Waals surface area contributed by atoms with Gasteiger partial charge in [0.05, 0.1) is 5.92 Å². The van der Waals surface area contributed by atoms with Crippen molar-refractivity contribution in [3.8, 4) is 0 Å². The lowest BCUT2D eigenvalue weighted by Crippen LogP contribution is -2.50. The van der Waals surface area contributed by atoms with Crippen molar-refractivity contribution in [3.05, 3.63) is 71.3 Å². The van der Waals surface area contributed by atoms with E-state index < -0.39 is 29.7 Å². The molecule has 1 heterocycles. The van der Waals surface area contributed by atoms with Gasteiger partial charge in [-0.25, -0.2) is 13.6 Å². The Morgan fingerprint density at radius 2 is 1.52 bits per heavy atom. The van der Waals surface area contributed by atoms with Crippen LogP contribution in [0.15, 0.2) is 48.5 Å². The number of fused-ring (bicyclic) bond motifs is 1. The molecule has 9 heteroatoms. The Balaban J connectivity index is 1.48. The fourth-order valence-corrected chi connectivity index (χ4v) is 6.97. The highest BCUT2D eigenvalue weighted by Crippen LogP contribution is 2.40. The SMILES string of the molecule is C[C@@H](CC(C(=O)N1C[C@H]2CC[C@H](NC(=O)C(c3ccc(F)cc3)c3ccc(F)cc3)[C@H]2C1)N(C)C(=O)O)CC(C)(C)C. The molecule has 2 fully saturated rings. The van der Waals surface area contributed by atoms with Gasteiger partial charge in [-0.1, -0.05) is 52.0 Å². The van der Waals surface area contributed by atoms with Gasteiger partial charge >= 0.3 is 6.09 Å². The Hall–Kier alpha value is -3.49. The predicted molar refractivity (Wildman–Crippen MR) is 157 cm³/mol. The van der Waals surface area contributed by atoms with Crippen LogP contribution in [-0.4, -0.2) is 65.0 Å². The molecule has 42 heavy (non-hydrogen) atoms. The normalized spacial score (nSPS) is 21.6. The van der Waals surface area contributed by atoms with Gasteiger partial charge in [0.15, 0.2) is 0 Å². The van der Waals surface area contributed by atoms with E-state index in [2.05, 4.69) is 33.0 Å². The molecule has 1 saturated carbocycles. The van der Waals surface area contributed by atoms with E-state index in [4.69, 9.17) is 0 Å². The zero-order valence-corrected chi connectivity index (χ0v) is 25.1. The lowest BCUT2D eigenvalue weighted by atomic mass is 9.82.